The Bertz CT molecular complexity index is 475. The van der Waals surface area contributed by atoms with E-state index in [9.17, 15) is 9.90 Å². The van der Waals surface area contributed by atoms with Crippen LogP contribution in [-0.4, -0.2) is 32.7 Å². The smallest absolute Gasteiger partial charge is 0.265 e. The Hall–Kier alpha value is -1.01. The summed E-state index contributed by atoms with van der Waals surface area (Å²) in [6, 6.07) is 0. The standard InChI is InChI=1S/C14H23N3O2S/c1-9(2)11-12(20-17-16-11)13(19)15-14(8-18)6-4-5-10(3)7-14/h9-10,18H,4-8H2,1-3H3,(H,15,19). The van der Waals surface area contributed by atoms with Crippen LogP contribution in [0, 0.1) is 5.92 Å². The Balaban J connectivity index is 2.15. The minimum atomic E-state index is -0.479. The zero-order valence-electron chi connectivity index (χ0n) is 12.3. The van der Waals surface area contributed by atoms with Crippen molar-refractivity contribution >= 4 is 17.4 Å². The first-order chi connectivity index (χ1) is 9.47. The molecule has 2 N–H and O–H groups in total. The van der Waals surface area contributed by atoms with Crippen LogP contribution in [0.5, 0.6) is 0 Å². The van der Waals surface area contributed by atoms with Crippen molar-refractivity contribution in [2.75, 3.05) is 6.61 Å². The van der Waals surface area contributed by atoms with Gasteiger partial charge in [0.15, 0.2) is 0 Å². The average Bonchev–Trinajstić information content (AvgIpc) is 2.88. The number of aliphatic hydroxyl groups is 1. The fourth-order valence-electron chi connectivity index (χ4n) is 2.99. The summed E-state index contributed by atoms with van der Waals surface area (Å²) < 4.78 is 3.89. The van der Waals surface area contributed by atoms with E-state index in [-0.39, 0.29) is 18.4 Å². The Morgan fingerprint density at radius 1 is 1.60 bits per heavy atom. The molecule has 0 radical (unpaired) electrons. The summed E-state index contributed by atoms with van der Waals surface area (Å²) in [5.74, 6) is 0.553. The highest BCUT2D eigenvalue weighted by Gasteiger charge is 2.36. The van der Waals surface area contributed by atoms with Gasteiger partial charge in [-0.3, -0.25) is 4.79 Å². The van der Waals surface area contributed by atoms with Gasteiger partial charge >= 0.3 is 0 Å². The van der Waals surface area contributed by atoms with Crippen LogP contribution >= 0.6 is 11.5 Å². The molecule has 112 valence electrons. The van der Waals surface area contributed by atoms with Crippen LogP contribution < -0.4 is 5.32 Å². The van der Waals surface area contributed by atoms with Gasteiger partial charge in [0, 0.05) is 0 Å². The fourth-order valence-corrected chi connectivity index (χ4v) is 3.70. The van der Waals surface area contributed by atoms with Gasteiger partial charge in [-0.2, -0.15) is 0 Å². The number of rotatable bonds is 4. The Labute approximate surface area is 123 Å². The number of amides is 1. The molecule has 1 aromatic heterocycles. The van der Waals surface area contributed by atoms with Gasteiger partial charge in [0.25, 0.3) is 5.91 Å². The highest BCUT2D eigenvalue weighted by molar-refractivity contribution is 7.08. The molecule has 6 heteroatoms. The van der Waals surface area contributed by atoms with Crippen molar-refractivity contribution in [3.63, 3.8) is 0 Å². The Morgan fingerprint density at radius 2 is 2.35 bits per heavy atom. The van der Waals surface area contributed by atoms with Crippen LogP contribution in [0.25, 0.3) is 0 Å². The largest absolute Gasteiger partial charge is 0.394 e. The molecule has 0 saturated heterocycles. The third kappa shape index (κ3) is 3.17. The topological polar surface area (TPSA) is 75.1 Å². The second kappa shape index (κ2) is 6.18. The molecule has 1 aromatic rings. The van der Waals surface area contributed by atoms with Crippen molar-refractivity contribution in [1.82, 2.24) is 14.9 Å². The SMILES string of the molecule is CC1CCCC(CO)(NC(=O)c2snnc2C(C)C)C1. The van der Waals surface area contributed by atoms with Gasteiger partial charge in [0.1, 0.15) is 4.88 Å². The van der Waals surface area contributed by atoms with Crippen LogP contribution in [0.4, 0.5) is 0 Å². The zero-order chi connectivity index (χ0) is 14.8. The van der Waals surface area contributed by atoms with E-state index in [1.54, 1.807) is 0 Å². The molecule has 1 aliphatic rings. The van der Waals surface area contributed by atoms with E-state index < -0.39 is 5.54 Å². The van der Waals surface area contributed by atoms with E-state index >= 15 is 0 Å². The molecule has 1 fully saturated rings. The molecule has 5 nitrogen and oxygen atoms in total. The molecule has 0 spiro atoms. The minimum Gasteiger partial charge on any atom is -0.394 e. The number of aromatic nitrogens is 2. The van der Waals surface area contributed by atoms with Crippen molar-refractivity contribution in [1.29, 1.82) is 0 Å². The molecular formula is C14H23N3O2S. The van der Waals surface area contributed by atoms with Crippen molar-refractivity contribution in [3.8, 4) is 0 Å². The first-order valence-corrected chi connectivity index (χ1v) is 8.00. The third-order valence-electron chi connectivity index (χ3n) is 4.04. The molecule has 2 atom stereocenters. The van der Waals surface area contributed by atoms with E-state index in [4.69, 9.17) is 0 Å². The van der Waals surface area contributed by atoms with Crippen molar-refractivity contribution in [3.05, 3.63) is 10.6 Å². The molecule has 2 unspecified atom stereocenters. The number of carbonyl (C=O) groups is 1. The lowest BCUT2D eigenvalue weighted by atomic mass is 9.77. The van der Waals surface area contributed by atoms with Gasteiger partial charge in [0.05, 0.1) is 17.8 Å². The molecule has 0 bridgehead atoms. The van der Waals surface area contributed by atoms with Crippen LogP contribution in [0.3, 0.4) is 0 Å². The average molecular weight is 297 g/mol. The maximum absolute atomic E-state index is 12.5. The summed E-state index contributed by atoms with van der Waals surface area (Å²) in [4.78, 5) is 13.1. The maximum Gasteiger partial charge on any atom is 0.265 e. The van der Waals surface area contributed by atoms with E-state index in [2.05, 4.69) is 21.8 Å². The number of hydrogen-bond acceptors (Lipinski definition) is 5. The molecule has 20 heavy (non-hydrogen) atoms. The predicted molar refractivity (Wildman–Crippen MR) is 78.9 cm³/mol. The summed E-state index contributed by atoms with van der Waals surface area (Å²) in [6.45, 7) is 6.16. The predicted octanol–water partition coefficient (Wildman–Crippen LogP) is 2.33. The quantitative estimate of drug-likeness (QED) is 0.894. The zero-order valence-corrected chi connectivity index (χ0v) is 13.2. The highest BCUT2D eigenvalue weighted by atomic mass is 32.1. The van der Waals surface area contributed by atoms with Crippen LogP contribution in [-0.2, 0) is 0 Å². The van der Waals surface area contributed by atoms with Crippen molar-refractivity contribution in [2.24, 2.45) is 5.92 Å². The number of nitrogens with one attached hydrogen (secondary N) is 1. The van der Waals surface area contributed by atoms with Crippen LogP contribution in [0.2, 0.25) is 0 Å². The molecule has 2 rings (SSSR count). The summed E-state index contributed by atoms with van der Waals surface area (Å²) in [7, 11) is 0. The third-order valence-corrected chi connectivity index (χ3v) is 4.78. The van der Waals surface area contributed by atoms with E-state index in [1.165, 1.54) is 0 Å². The van der Waals surface area contributed by atoms with E-state index in [1.807, 2.05) is 13.8 Å². The Kier molecular flexibility index (Phi) is 4.75. The van der Waals surface area contributed by atoms with Gasteiger partial charge in [-0.05, 0) is 36.2 Å². The Morgan fingerprint density at radius 3 is 2.95 bits per heavy atom. The first-order valence-electron chi connectivity index (χ1n) is 7.23. The summed E-state index contributed by atoms with van der Waals surface area (Å²) >= 11 is 1.13. The lowest BCUT2D eigenvalue weighted by Gasteiger charge is -2.39. The lowest BCUT2D eigenvalue weighted by Crippen LogP contribution is -2.53. The van der Waals surface area contributed by atoms with Gasteiger partial charge in [-0.1, -0.05) is 38.1 Å². The number of carbonyl (C=O) groups excluding carboxylic acids is 1. The van der Waals surface area contributed by atoms with Crippen molar-refractivity contribution in [2.45, 2.75) is 57.9 Å². The van der Waals surface area contributed by atoms with Gasteiger partial charge < -0.3 is 10.4 Å². The van der Waals surface area contributed by atoms with Gasteiger partial charge in [-0.15, -0.1) is 5.10 Å². The fraction of sp³-hybridized carbons (Fsp3) is 0.786. The van der Waals surface area contributed by atoms with Gasteiger partial charge in [-0.25, -0.2) is 0 Å². The number of hydrogen-bond donors (Lipinski definition) is 2. The monoisotopic (exact) mass is 297 g/mol. The summed E-state index contributed by atoms with van der Waals surface area (Å²) in [5.41, 5.74) is 0.261. The molecular weight excluding hydrogens is 274 g/mol. The lowest BCUT2D eigenvalue weighted by molar-refractivity contribution is 0.0699. The maximum atomic E-state index is 12.5. The van der Waals surface area contributed by atoms with Gasteiger partial charge in [0.2, 0.25) is 0 Å². The summed E-state index contributed by atoms with van der Waals surface area (Å²) in [6.07, 6.45) is 3.87. The highest BCUT2D eigenvalue weighted by Crippen LogP contribution is 2.32. The second-order valence-corrected chi connectivity index (χ2v) is 6.99. The molecule has 1 heterocycles. The minimum absolute atomic E-state index is 0.00761. The molecule has 1 saturated carbocycles. The van der Waals surface area contributed by atoms with E-state index in [0.717, 1.165) is 42.9 Å². The van der Waals surface area contributed by atoms with Crippen LogP contribution in [0.1, 0.15) is 67.7 Å². The summed E-state index contributed by atoms with van der Waals surface area (Å²) in [5, 5.41) is 16.8. The molecule has 1 amide bonds. The van der Waals surface area contributed by atoms with Crippen LogP contribution in [0.15, 0.2) is 0 Å². The van der Waals surface area contributed by atoms with E-state index in [0.29, 0.717) is 10.8 Å². The van der Waals surface area contributed by atoms with Crippen molar-refractivity contribution < 1.29 is 9.90 Å². The second-order valence-electron chi connectivity index (χ2n) is 6.24. The molecule has 1 aliphatic carbocycles. The molecule has 0 aliphatic heterocycles. The number of nitrogens with zero attached hydrogens (tertiary/aromatic N) is 2. The first kappa shape index (κ1) is 15.4. The number of aliphatic hydroxyl groups excluding tert-OH is 1. The normalized spacial score (nSPS) is 26.8. The molecule has 0 aromatic carbocycles.